The van der Waals surface area contributed by atoms with Gasteiger partial charge in [-0.1, -0.05) is 6.07 Å². The maximum atomic E-state index is 12.3. The van der Waals surface area contributed by atoms with Gasteiger partial charge in [-0.2, -0.15) is 0 Å². The van der Waals surface area contributed by atoms with Crippen LogP contribution in [0, 0.1) is 0 Å². The number of hydrogen-bond donors (Lipinski definition) is 2. The molecule has 6 heteroatoms. The van der Waals surface area contributed by atoms with Crippen molar-refractivity contribution in [3.05, 3.63) is 22.4 Å². The molecule has 1 atom stereocenters. The molecular weight excluding hydrogens is 276 g/mol. The van der Waals surface area contributed by atoms with E-state index in [1.54, 1.807) is 16.2 Å². The quantitative estimate of drug-likeness (QED) is 0.762. The third-order valence-corrected chi connectivity index (χ3v) is 4.29. The highest BCUT2D eigenvalue weighted by Crippen LogP contribution is 2.20. The summed E-state index contributed by atoms with van der Waals surface area (Å²) in [5.41, 5.74) is 0. The predicted octanol–water partition coefficient (Wildman–Crippen LogP) is 0.780. The molecule has 1 aromatic heterocycles. The summed E-state index contributed by atoms with van der Waals surface area (Å²) in [5.74, 6) is -0.0808. The molecule has 1 aliphatic rings. The Kier molecular flexibility index (Phi) is 5.55. The first-order valence-electron chi connectivity index (χ1n) is 6.93. The number of carbonyl (C=O) groups is 2. The van der Waals surface area contributed by atoms with Gasteiger partial charge in [-0.25, -0.2) is 0 Å². The molecule has 0 spiro atoms. The SMILES string of the molecule is O=C(NCCCO)C1CCCN1C(=O)Cc1cccs1. The van der Waals surface area contributed by atoms with Crippen LogP contribution in [0.3, 0.4) is 0 Å². The van der Waals surface area contributed by atoms with E-state index >= 15 is 0 Å². The highest BCUT2D eigenvalue weighted by Gasteiger charge is 2.33. The van der Waals surface area contributed by atoms with Gasteiger partial charge in [0.1, 0.15) is 6.04 Å². The van der Waals surface area contributed by atoms with Gasteiger partial charge < -0.3 is 15.3 Å². The lowest BCUT2D eigenvalue weighted by atomic mass is 10.2. The fourth-order valence-electron chi connectivity index (χ4n) is 2.41. The van der Waals surface area contributed by atoms with Gasteiger partial charge in [0.25, 0.3) is 0 Å². The molecule has 5 nitrogen and oxygen atoms in total. The van der Waals surface area contributed by atoms with Crippen LogP contribution in [-0.4, -0.2) is 47.6 Å². The van der Waals surface area contributed by atoms with E-state index in [1.807, 2.05) is 17.5 Å². The number of hydrogen-bond acceptors (Lipinski definition) is 4. The maximum absolute atomic E-state index is 12.3. The van der Waals surface area contributed by atoms with Crippen molar-refractivity contribution in [3.8, 4) is 0 Å². The Morgan fingerprint density at radius 3 is 3.05 bits per heavy atom. The lowest BCUT2D eigenvalue weighted by Crippen LogP contribution is -2.46. The Morgan fingerprint density at radius 2 is 2.35 bits per heavy atom. The Bertz CT molecular complexity index is 447. The molecule has 0 aromatic carbocycles. The number of thiophene rings is 1. The Morgan fingerprint density at radius 1 is 1.50 bits per heavy atom. The second-order valence-corrected chi connectivity index (χ2v) is 5.90. The fraction of sp³-hybridized carbons (Fsp3) is 0.571. The molecule has 0 aliphatic carbocycles. The highest BCUT2D eigenvalue weighted by molar-refractivity contribution is 7.10. The van der Waals surface area contributed by atoms with E-state index in [9.17, 15) is 9.59 Å². The molecule has 110 valence electrons. The van der Waals surface area contributed by atoms with Gasteiger partial charge in [-0.05, 0) is 30.7 Å². The number of carbonyl (C=O) groups excluding carboxylic acids is 2. The van der Waals surface area contributed by atoms with Gasteiger partial charge in [0.15, 0.2) is 0 Å². The summed E-state index contributed by atoms with van der Waals surface area (Å²) >= 11 is 1.56. The van der Waals surface area contributed by atoms with Crippen molar-refractivity contribution in [2.45, 2.75) is 31.7 Å². The first-order valence-corrected chi connectivity index (χ1v) is 7.80. The molecule has 20 heavy (non-hydrogen) atoms. The van der Waals surface area contributed by atoms with Crippen LogP contribution in [0.1, 0.15) is 24.1 Å². The fourth-order valence-corrected chi connectivity index (χ4v) is 3.11. The zero-order valence-corrected chi connectivity index (χ0v) is 12.2. The minimum absolute atomic E-state index is 0.0206. The van der Waals surface area contributed by atoms with Crippen LogP contribution in [0.2, 0.25) is 0 Å². The van der Waals surface area contributed by atoms with Gasteiger partial charge in [0.05, 0.1) is 6.42 Å². The third kappa shape index (κ3) is 3.80. The van der Waals surface area contributed by atoms with Crippen LogP contribution < -0.4 is 5.32 Å². The van der Waals surface area contributed by atoms with Crippen LogP contribution in [0.15, 0.2) is 17.5 Å². The van der Waals surface area contributed by atoms with Crippen molar-refractivity contribution in [2.24, 2.45) is 0 Å². The van der Waals surface area contributed by atoms with E-state index in [1.165, 1.54) is 0 Å². The van der Waals surface area contributed by atoms with Crippen molar-refractivity contribution in [1.29, 1.82) is 0 Å². The maximum Gasteiger partial charge on any atom is 0.242 e. The molecule has 2 amide bonds. The van der Waals surface area contributed by atoms with E-state index in [-0.39, 0.29) is 24.5 Å². The molecule has 1 aliphatic heterocycles. The number of likely N-dealkylation sites (tertiary alicyclic amines) is 1. The first kappa shape index (κ1) is 15.0. The summed E-state index contributed by atoms with van der Waals surface area (Å²) in [4.78, 5) is 27.0. The van der Waals surface area contributed by atoms with E-state index < -0.39 is 0 Å². The lowest BCUT2D eigenvalue weighted by Gasteiger charge is -2.23. The van der Waals surface area contributed by atoms with Crippen LogP contribution in [0.5, 0.6) is 0 Å². The smallest absolute Gasteiger partial charge is 0.242 e. The second-order valence-electron chi connectivity index (χ2n) is 4.87. The Labute approximate surface area is 122 Å². The van der Waals surface area contributed by atoms with Crippen molar-refractivity contribution < 1.29 is 14.7 Å². The third-order valence-electron chi connectivity index (χ3n) is 3.42. The van der Waals surface area contributed by atoms with Crippen LogP contribution in [0.25, 0.3) is 0 Å². The molecule has 0 radical (unpaired) electrons. The zero-order valence-electron chi connectivity index (χ0n) is 11.4. The first-order chi connectivity index (χ1) is 9.72. The predicted molar refractivity (Wildman–Crippen MR) is 77.5 cm³/mol. The van der Waals surface area contributed by atoms with Gasteiger partial charge in [-0.15, -0.1) is 11.3 Å². The molecule has 1 fully saturated rings. The highest BCUT2D eigenvalue weighted by atomic mass is 32.1. The molecule has 1 saturated heterocycles. The van der Waals surface area contributed by atoms with E-state index in [2.05, 4.69) is 5.32 Å². The van der Waals surface area contributed by atoms with E-state index in [0.29, 0.717) is 25.9 Å². The average Bonchev–Trinajstić information content (AvgIpc) is 3.09. The number of amides is 2. The van der Waals surface area contributed by atoms with Crippen molar-refractivity contribution in [3.63, 3.8) is 0 Å². The largest absolute Gasteiger partial charge is 0.396 e. The summed E-state index contributed by atoms with van der Waals surface area (Å²) in [6, 6.07) is 3.52. The zero-order chi connectivity index (χ0) is 14.4. The van der Waals surface area contributed by atoms with Crippen molar-refractivity contribution in [2.75, 3.05) is 19.7 Å². The molecule has 0 bridgehead atoms. The van der Waals surface area contributed by atoms with Crippen LogP contribution >= 0.6 is 11.3 Å². The summed E-state index contributed by atoms with van der Waals surface area (Å²) < 4.78 is 0. The Balaban J connectivity index is 1.89. The van der Waals surface area contributed by atoms with E-state index in [0.717, 1.165) is 17.7 Å². The summed E-state index contributed by atoms with van der Waals surface area (Å²) in [5, 5.41) is 13.4. The molecule has 1 unspecified atom stereocenters. The molecule has 2 rings (SSSR count). The number of aliphatic hydroxyl groups is 1. The normalized spacial score (nSPS) is 18.2. The van der Waals surface area contributed by atoms with Gasteiger partial charge in [0.2, 0.25) is 11.8 Å². The van der Waals surface area contributed by atoms with Crippen LogP contribution in [-0.2, 0) is 16.0 Å². The Hall–Kier alpha value is -1.40. The minimum Gasteiger partial charge on any atom is -0.396 e. The number of nitrogens with zero attached hydrogens (tertiary/aromatic N) is 1. The topological polar surface area (TPSA) is 69.6 Å². The molecular formula is C14H20N2O3S. The summed E-state index contributed by atoms with van der Waals surface area (Å²) in [6.07, 6.45) is 2.51. The number of aliphatic hydroxyl groups excluding tert-OH is 1. The van der Waals surface area contributed by atoms with Gasteiger partial charge in [-0.3, -0.25) is 9.59 Å². The van der Waals surface area contributed by atoms with E-state index in [4.69, 9.17) is 5.11 Å². The standard InChI is InChI=1S/C14H20N2O3S/c17-8-3-6-15-14(19)12-5-1-7-16(12)13(18)10-11-4-2-9-20-11/h2,4,9,12,17H,1,3,5-8,10H2,(H,15,19). The number of nitrogens with one attached hydrogen (secondary N) is 1. The van der Waals surface area contributed by atoms with Crippen molar-refractivity contribution in [1.82, 2.24) is 10.2 Å². The summed E-state index contributed by atoms with van der Waals surface area (Å²) in [6.45, 7) is 1.17. The molecule has 2 N–H and O–H groups in total. The summed E-state index contributed by atoms with van der Waals surface area (Å²) in [7, 11) is 0. The number of rotatable bonds is 6. The minimum atomic E-state index is -0.346. The second kappa shape index (κ2) is 7.40. The lowest BCUT2D eigenvalue weighted by molar-refractivity contribution is -0.137. The van der Waals surface area contributed by atoms with Gasteiger partial charge >= 0.3 is 0 Å². The molecule has 2 heterocycles. The monoisotopic (exact) mass is 296 g/mol. The van der Waals surface area contributed by atoms with Crippen molar-refractivity contribution >= 4 is 23.2 Å². The van der Waals surface area contributed by atoms with Gasteiger partial charge in [0, 0.05) is 24.6 Å². The average molecular weight is 296 g/mol. The molecule has 1 aromatic rings. The molecule has 0 saturated carbocycles. The van der Waals surface area contributed by atoms with Crippen LogP contribution in [0.4, 0.5) is 0 Å².